The molecular weight excluding hydrogens is 220 g/mol. The van der Waals surface area contributed by atoms with Crippen LogP contribution in [-0.2, 0) is 0 Å². The van der Waals surface area contributed by atoms with Crippen molar-refractivity contribution < 1.29 is 0 Å². The number of hydrogen-bond acceptors (Lipinski definition) is 1. The lowest BCUT2D eigenvalue weighted by molar-refractivity contribution is 0.594. The first-order valence-electron chi connectivity index (χ1n) is 7.48. The lowest BCUT2D eigenvalue weighted by Gasteiger charge is -2.19. The van der Waals surface area contributed by atoms with Gasteiger partial charge >= 0.3 is 0 Å². The highest BCUT2D eigenvalue weighted by Gasteiger charge is 2.14. The summed E-state index contributed by atoms with van der Waals surface area (Å²) in [6.07, 6.45) is 8.39. The van der Waals surface area contributed by atoms with Crippen molar-refractivity contribution in [1.82, 2.24) is 0 Å². The SMILES string of the molecule is CC.CC.CC=NC=NC1=C(C(C)C)CCCC1. The van der Waals surface area contributed by atoms with Crippen molar-refractivity contribution in [3.8, 4) is 0 Å². The summed E-state index contributed by atoms with van der Waals surface area (Å²) >= 11 is 0. The van der Waals surface area contributed by atoms with Crippen LogP contribution in [0.3, 0.4) is 0 Å². The molecule has 0 bridgehead atoms. The molecule has 106 valence electrons. The second-order valence-corrected chi connectivity index (χ2v) is 3.99. The summed E-state index contributed by atoms with van der Waals surface area (Å²) in [5.41, 5.74) is 2.80. The molecule has 0 saturated heterocycles. The maximum absolute atomic E-state index is 4.43. The third-order valence-corrected chi connectivity index (χ3v) is 2.61. The maximum atomic E-state index is 4.43. The minimum absolute atomic E-state index is 0.632. The molecule has 2 heteroatoms. The van der Waals surface area contributed by atoms with Crippen LogP contribution < -0.4 is 0 Å². The van der Waals surface area contributed by atoms with E-state index >= 15 is 0 Å². The van der Waals surface area contributed by atoms with Gasteiger partial charge in [0.25, 0.3) is 0 Å². The molecule has 0 N–H and O–H groups in total. The fourth-order valence-electron chi connectivity index (χ4n) is 1.85. The monoisotopic (exact) mass is 252 g/mol. The van der Waals surface area contributed by atoms with Crippen LogP contribution in [0, 0.1) is 5.92 Å². The van der Waals surface area contributed by atoms with Gasteiger partial charge in [-0.15, -0.1) is 0 Å². The van der Waals surface area contributed by atoms with E-state index in [4.69, 9.17) is 0 Å². The van der Waals surface area contributed by atoms with Crippen LogP contribution in [0.15, 0.2) is 21.3 Å². The van der Waals surface area contributed by atoms with E-state index in [0.29, 0.717) is 5.92 Å². The molecule has 0 aromatic heterocycles. The summed E-state index contributed by atoms with van der Waals surface area (Å²) in [5.74, 6) is 0.632. The zero-order valence-corrected chi connectivity index (χ0v) is 13.5. The van der Waals surface area contributed by atoms with Crippen molar-refractivity contribution >= 4 is 12.6 Å². The lowest BCUT2D eigenvalue weighted by atomic mass is 9.89. The normalized spacial score (nSPS) is 15.6. The average Bonchev–Trinajstić information content (AvgIpc) is 2.44. The molecule has 0 spiro atoms. The van der Waals surface area contributed by atoms with E-state index in [1.54, 1.807) is 12.6 Å². The van der Waals surface area contributed by atoms with E-state index in [1.807, 2.05) is 34.6 Å². The summed E-state index contributed by atoms with van der Waals surface area (Å²) in [6, 6.07) is 0. The van der Waals surface area contributed by atoms with Gasteiger partial charge in [0.1, 0.15) is 6.34 Å². The topological polar surface area (TPSA) is 24.7 Å². The Balaban J connectivity index is 0. The largest absolute Gasteiger partial charge is 0.250 e. The van der Waals surface area contributed by atoms with E-state index in [1.165, 1.54) is 30.5 Å². The number of hydrogen-bond donors (Lipinski definition) is 0. The molecule has 0 aliphatic heterocycles. The Morgan fingerprint density at radius 3 is 2.06 bits per heavy atom. The van der Waals surface area contributed by atoms with Crippen LogP contribution in [0.4, 0.5) is 0 Å². The van der Waals surface area contributed by atoms with E-state index < -0.39 is 0 Å². The fourth-order valence-corrected chi connectivity index (χ4v) is 1.85. The fraction of sp³-hybridized carbons (Fsp3) is 0.750. The third kappa shape index (κ3) is 8.21. The molecule has 0 atom stereocenters. The summed E-state index contributed by atoms with van der Waals surface area (Å²) < 4.78 is 0. The van der Waals surface area contributed by atoms with Gasteiger partial charge in [-0.2, -0.15) is 0 Å². The highest BCUT2D eigenvalue weighted by atomic mass is 14.9. The van der Waals surface area contributed by atoms with Gasteiger partial charge in [-0.05, 0) is 44.1 Å². The molecule has 0 unspecified atom stereocenters. The number of aliphatic imine (C=N–C) groups is 2. The summed E-state index contributed by atoms with van der Waals surface area (Å²) in [6.45, 7) is 14.4. The molecule has 18 heavy (non-hydrogen) atoms. The van der Waals surface area contributed by atoms with Gasteiger partial charge in [0.2, 0.25) is 0 Å². The minimum Gasteiger partial charge on any atom is -0.250 e. The maximum Gasteiger partial charge on any atom is 0.115 e. The van der Waals surface area contributed by atoms with Crippen LogP contribution in [0.25, 0.3) is 0 Å². The highest BCUT2D eigenvalue weighted by Crippen LogP contribution is 2.30. The van der Waals surface area contributed by atoms with Gasteiger partial charge in [0.05, 0.1) is 0 Å². The molecule has 0 saturated carbocycles. The molecule has 0 amide bonds. The Hall–Kier alpha value is -0.920. The number of allylic oxidation sites excluding steroid dienone is 2. The quantitative estimate of drug-likeness (QED) is 0.458. The molecule has 1 rings (SSSR count). The molecule has 0 aromatic carbocycles. The first-order chi connectivity index (χ1) is 8.75. The molecule has 0 fully saturated rings. The molecule has 1 aliphatic carbocycles. The smallest absolute Gasteiger partial charge is 0.115 e. The summed E-state index contributed by atoms with van der Waals surface area (Å²) in [7, 11) is 0. The summed E-state index contributed by atoms with van der Waals surface area (Å²) in [5, 5.41) is 0. The Labute approximate surface area is 114 Å². The Bertz CT molecular complexity index is 260. The molecule has 1 aliphatic rings. The zero-order valence-electron chi connectivity index (χ0n) is 13.5. The van der Waals surface area contributed by atoms with Crippen molar-refractivity contribution in [3.63, 3.8) is 0 Å². The molecule has 2 nitrogen and oxygen atoms in total. The van der Waals surface area contributed by atoms with E-state index in [9.17, 15) is 0 Å². The number of rotatable bonds is 3. The predicted molar refractivity (Wildman–Crippen MR) is 85.7 cm³/mol. The minimum atomic E-state index is 0.632. The Morgan fingerprint density at radius 2 is 1.56 bits per heavy atom. The third-order valence-electron chi connectivity index (χ3n) is 2.61. The standard InChI is InChI=1S/C12H20N2.2C2H6/c1-4-13-9-14-12-8-6-5-7-11(12)10(2)3;2*1-2/h4,9-10H,5-8H2,1-3H3;2*1-2H3. The van der Waals surface area contributed by atoms with E-state index in [0.717, 1.165) is 6.42 Å². The van der Waals surface area contributed by atoms with Gasteiger partial charge < -0.3 is 0 Å². The van der Waals surface area contributed by atoms with Crippen molar-refractivity contribution in [2.75, 3.05) is 0 Å². The van der Waals surface area contributed by atoms with E-state index in [2.05, 4.69) is 23.8 Å². The van der Waals surface area contributed by atoms with E-state index in [-0.39, 0.29) is 0 Å². The van der Waals surface area contributed by atoms with Gasteiger partial charge in [0.15, 0.2) is 0 Å². The molecule has 0 aromatic rings. The number of nitrogens with zero attached hydrogens (tertiary/aromatic N) is 2. The first-order valence-corrected chi connectivity index (χ1v) is 7.48. The van der Waals surface area contributed by atoms with Crippen LogP contribution in [-0.4, -0.2) is 12.6 Å². The van der Waals surface area contributed by atoms with Gasteiger partial charge in [-0.1, -0.05) is 41.5 Å². The Kier molecular flexibility index (Phi) is 15.3. The highest BCUT2D eigenvalue weighted by molar-refractivity contribution is 5.71. The van der Waals surface area contributed by atoms with Crippen molar-refractivity contribution in [2.24, 2.45) is 15.9 Å². The lowest BCUT2D eigenvalue weighted by Crippen LogP contribution is -2.04. The predicted octanol–water partition coefficient (Wildman–Crippen LogP) is 5.64. The van der Waals surface area contributed by atoms with Crippen LogP contribution in [0.1, 0.15) is 74.1 Å². The average molecular weight is 252 g/mol. The second kappa shape index (κ2) is 14.1. The molecule has 0 radical (unpaired) electrons. The van der Waals surface area contributed by atoms with Gasteiger partial charge in [-0.3, -0.25) is 0 Å². The van der Waals surface area contributed by atoms with Crippen molar-refractivity contribution in [1.29, 1.82) is 0 Å². The van der Waals surface area contributed by atoms with Crippen molar-refractivity contribution in [3.05, 3.63) is 11.3 Å². The van der Waals surface area contributed by atoms with Crippen LogP contribution >= 0.6 is 0 Å². The molecule has 0 heterocycles. The van der Waals surface area contributed by atoms with Crippen LogP contribution in [0.5, 0.6) is 0 Å². The van der Waals surface area contributed by atoms with Crippen molar-refractivity contribution in [2.45, 2.75) is 74.1 Å². The summed E-state index contributed by atoms with van der Waals surface area (Å²) in [4.78, 5) is 8.44. The molecular formula is C16H32N2. The Morgan fingerprint density at radius 1 is 1.00 bits per heavy atom. The van der Waals surface area contributed by atoms with Gasteiger partial charge in [0, 0.05) is 11.9 Å². The van der Waals surface area contributed by atoms with Crippen LogP contribution in [0.2, 0.25) is 0 Å². The first kappa shape index (κ1) is 19.4. The van der Waals surface area contributed by atoms with Gasteiger partial charge in [-0.25, -0.2) is 9.98 Å². The second-order valence-electron chi connectivity index (χ2n) is 3.99. The zero-order chi connectivity index (χ0) is 14.4.